The summed E-state index contributed by atoms with van der Waals surface area (Å²) in [5, 5.41) is 6.60. The molecule has 0 radical (unpaired) electrons. The van der Waals surface area contributed by atoms with Crippen LogP contribution in [0.3, 0.4) is 0 Å². The van der Waals surface area contributed by atoms with E-state index >= 15 is 0 Å². The van der Waals surface area contributed by atoms with Crippen LogP contribution in [0.2, 0.25) is 0 Å². The summed E-state index contributed by atoms with van der Waals surface area (Å²) in [7, 11) is 0. The zero-order chi connectivity index (χ0) is 13.9. The van der Waals surface area contributed by atoms with Gasteiger partial charge in [-0.05, 0) is 36.1 Å². The highest BCUT2D eigenvalue weighted by Crippen LogP contribution is 2.33. The van der Waals surface area contributed by atoms with E-state index in [1.54, 1.807) is 24.5 Å². The van der Waals surface area contributed by atoms with Crippen molar-refractivity contribution in [2.24, 2.45) is 0 Å². The van der Waals surface area contributed by atoms with Gasteiger partial charge in [-0.3, -0.25) is 9.89 Å². The lowest BCUT2D eigenvalue weighted by Gasteiger charge is -2.41. The molecule has 0 spiro atoms. The zero-order valence-electron chi connectivity index (χ0n) is 11.1. The molecule has 5 heteroatoms. The van der Waals surface area contributed by atoms with Crippen molar-refractivity contribution < 1.29 is 9.18 Å². The van der Waals surface area contributed by atoms with E-state index in [-0.39, 0.29) is 17.8 Å². The van der Waals surface area contributed by atoms with Gasteiger partial charge in [-0.25, -0.2) is 4.39 Å². The molecule has 0 aliphatic carbocycles. The average Bonchev–Trinajstić information content (AvgIpc) is 2.91. The van der Waals surface area contributed by atoms with Gasteiger partial charge in [0, 0.05) is 19.2 Å². The molecular weight excluding hydrogens is 257 g/mol. The second-order valence-electron chi connectivity index (χ2n) is 5.05. The zero-order valence-corrected chi connectivity index (χ0v) is 11.1. The van der Waals surface area contributed by atoms with Gasteiger partial charge in [-0.1, -0.05) is 12.1 Å². The highest BCUT2D eigenvalue weighted by molar-refractivity contribution is 5.77. The molecule has 1 atom stereocenters. The Morgan fingerprint density at radius 2 is 2.20 bits per heavy atom. The number of rotatable bonds is 4. The van der Waals surface area contributed by atoms with E-state index < -0.39 is 0 Å². The summed E-state index contributed by atoms with van der Waals surface area (Å²) in [6, 6.07) is 6.52. The fourth-order valence-corrected chi connectivity index (χ4v) is 2.53. The number of halogens is 1. The molecule has 1 N–H and O–H groups in total. The second kappa shape index (κ2) is 5.45. The number of likely N-dealkylation sites (tertiary alicyclic amines) is 1. The summed E-state index contributed by atoms with van der Waals surface area (Å²) in [6.45, 7) is 0.784. The van der Waals surface area contributed by atoms with Crippen molar-refractivity contribution in [2.75, 3.05) is 6.54 Å². The number of carbonyl (C=O) groups is 1. The largest absolute Gasteiger partial charge is 0.335 e. The molecule has 2 aromatic rings. The summed E-state index contributed by atoms with van der Waals surface area (Å²) in [4.78, 5) is 14.1. The van der Waals surface area contributed by atoms with E-state index in [1.165, 1.54) is 12.1 Å². The van der Waals surface area contributed by atoms with Gasteiger partial charge in [-0.15, -0.1) is 0 Å². The van der Waals surface area contributed by atoms with E-state index in [2.05, 4.69) is 10.2 Å². The van der Waals surface area contributed by atoms with Gasteiger partial charge in [0.05, 0.1) is 12.2 Å². The fourth-order valence-electron chi connectivity index (χ4n) is 2.53. The van der Waals surface area contributed by atoms with E-state index in [9.17, 15) is 9.18 Å². The molecule has 1 aliphatic rings. The van der Waals surface area contributed by atoms with Crippen molar-refractivity contribution in [3.05, 3.63) is 53.6 Å². The van der Waals surface area contributed by atoms with Crippen LogP contribution in [0.4, 0.5) is 4.39 Å². The molecule has 0 saturated carbocycles. The molecule has 1 saturated heterocycles. The van der Waals surface area contributed by atoms with E-state index in [0.717, 1.165) is 24.1 Å². The summed E-state index contributed by atoms with van der Waals surface area (Å²) in [6.07, 6.45) is 5.67. The van der Waals surface area contributed by atoms with Crippen LogP contribution in [-0.2, 0) is 11.2 Å². The average molecular weight is 273 g/mol. The number of nitrogens with zero attached hydrogens (tertiary/aromatic N) is 2. The Labute approximate surface area is 116 Å². The predicted octanol–water partition coefficient (Wildman–Crippen LogP) is 2.46. The van der Waals surface area contributed by atoms with Crippen molar-refractivity contribution in [2.45, 2.75) is 25.3 Å². The van der Waals surface area contributed by atoms with Gasteiger partial charge < -0.3 is 4.90 Å². The lowest BCUT2D eigenvalue weighted by molar-refractivity contribution is -0.139. The lowest BCUT2D eigenvalue weighted by Crippen LogP contribution is -2.45. The van der Waals surface area contributed by atoms with Crippen LogP contribution in [0, 0.1) is 5.82 Å². The topological polar surface area (TPSA) is 49.0 Å². The molecule has 2 heterocycles. The van der Waals surface area contributed by atoms with Crippen LogP contribution >= 0.6 is 0 Å². The number of aromatic nitrogens is 2. The number of aromatic amines is 1. The summed E-state index contributed by atoms with van der Waals surface area (Å²) < 4.78 is 12.9. The molecule has 1 aromatic heterocycles. The third-order valence-electron chi connectivity index (χ3n) is 3.78. The number of carbonyl (C=O) groups excluding carboxylic acids is 1. The first-order valence-electron chi connectivity index (χ1n) is 6.76. The molecule has 1 fully saturated rings. The number of amides is 1. The minimum atomic E-state index is -0.245. The Hall–Kier alpha value is -2.17. The molecule has 4 nitrogen and oxygen atoms in total. The fraction of sp³-hybridized carbons (Fsp3) is 0.333. The van der Waals surface area contributed by atoms with Crippen molar-refractivity contribution in [1.82, 2.24) is 15.1 Å². The van der Waals surface area contributed by atoms with Crippen molar-refractivity contribution >= 4 is 5.91 Å². The third kappa shape index (κ3) is 2.57. The van der Waals surface area contributed by atoms with Gasteiger partial charge in [0.15, 0.2) is 0 Å². The Kier molecular flexibility index (Phi) is 3.50. The highest BCUT2D eigenvalue weighted by Gasteiger charge is 2.32. The SMILES string of the molecule is O=C(CCc1cn[nH]c1)N1CC[C@@H]1c1ccc(F)cc1. The number of nitrogens with one attached hydrogen (secondary N) is 1. The molecule has 1 amide bonds. The van der Waals surface area contributed by atoms with Crippen LogP contribution in [0.15, 0.2) is 36.7 Å². The van der Waals surface area contributed by atoms with Crippen molar-refractivity contribution in [3.8, 4) is 0 Å². The van der Waals surface area contributed by atoms with Gasteiger partial charge in [-0.2, -0.15) is 5.10 Å². The first kappa shape index (κ1) is 12.8. The number of hydrogen-bond acceptors (Lipinski definition) is 2. The van der Waals surface area contributed by atoms with Gasteiger partial charge in [0.2, 0.25) is 5.91 Å². The van der Waals surface area contributed by atoms with Gasteiger partial charge >= 0.3 is 0 Å². The minimum Gasteiger partial charge on any atom is -0.335 e. The molecule has 0 bridgehead atoms. The van der Waals surface area contributed by atoms with Gasteiger partial charge in [0.25, 0.3) is 0 Å². The number of H-pyrrole nitrogens is 1. The summed E-state index contributed by atoms with van der Waals surface area (Å²) >= 11 is 0. The molecule has 20 heavy (non-hydrogen) atoms. The van der Waals surface area contributed by atoms with Crippen molar-refractivity contribution in [1.29, 1.82) is 0 Å². The monoisotopic (exact) mass is 273 g/mol. The maximum absolute atomic E-state index is 12.9. The van der Waals surface area contributed by atoms with E-state index in [0.29, 0.717) is 12.8 Å². The quantitative estimate of drug-likeness (QED) is 0.930. The predicted molar refractivity (Wildman–Crippen MR) is 72.4 cm³/mol. The molecule has 3 rings (SSSR count). The molecular formula is C15H16FN3O. The first-order chi connectivity index (χ1) is 9.74. The van der Waals surface area contributed by atoms with Gasteiger partial charge in [0.1, 0.15) is 5.82 Å². The summed E-state index contributed by atoms with van der Waals surface area (Å²) in [5.74, 6) is -0.0994. The Morgan fingerprint density at radius 1 is 1.40 bits per heavy atom. The molecule has 1 aliphatic heterocycles. The van der Waals surface area contributed by atoms with Crippen molar-refractivity contribution in [3.63, 3.8) is 0 Å². The Bertz CT molecular complexity index is 580. The standard InChI is InChI=1S/C15H16FN3O/c16-13-4-2-12(3-5-13)14-7-8-19(14)15(20)6-1-11-9-17-18-10-11/h2-5,9-10,14H,1,6-8H2,(H,17,18)/t14-/m1/s1. The van der Waals surface area contributed by atoms with Crippen LogP contribution < -0.4 is 0 Å². The molecule has 104 valence electrons. The molecule has 1 aromatic carbocycles. The first-order valence-corrected chi connectivity index (χ1v) is 6.76. The van der Waals surface area contributed by atoms with Crippen LogP contribution in [0.25, 0.3) is 0 Å². The number of aryl methyl sites for hydroxylation is 1. The Morgan fingerprint density at radius 3 is 2.80 bits per heavy atom. The van der Waals surface area contributed by atoms with Crippen LogP contribution in [0.1, 0.15) is 30.0 Å². The van der Waals surface area contributed by atoms with E-state index in [4.69, 9.17) is 0 Å². The molecule has 0 unspecified atom stereocenters. The minimum absolute atomic E-state index is 0.104. The van der Waals surface area contributed by atoms with Crippen LogP contribution in [-0.4, -0.2) is 27.5 Å². The normalized spacial score (nSPS) is 17.9. The van der Waals surface area contributed by atoms with E-state index in [1.807, 2.05) is 4.90 Å². The summed E-state index contributed by atoms with van der Waals surface area (Å²) in [5.41, 5.74) is 2.05. The third-order valence-corrected chi connectivity index (χ3v) is 3.78. The number of benzene rings is 1. The Balaban J connectivity index is 1.59. The maximum Gasteiger partial charge on any atom is 0.223 e. The smallest absolute Gasteiger partial charge is 0.223 e. The highest BCUT2D eigenvalue weighted by atomic mass is 19.1. The number of hydrogen-bond donors (Lipinski definition) is 1. The lowest BCUT2D eigenvalue weighted by atomic mass is 9.94. The maximum atomic E-state index is 12.9. The van der Waals surface area contributed by atoms with Crippen LogP contribution in [0.5, 0.6) is 0 Å². The second-order valence-corrected chi connectivity index (χ2v) is 5.05.